The molecule has 0 saturated heterocycles. The molecular weight excluding hydrogens is 216 g/mol. The Kier molecular flexibility index (Phi) is 4.48. The average Bonchev–Trinajstić information content (AvgIpc) is 2.59. The van der Waals surface area contributed by atoms with E-state index in [1.807, 2.05) is 6.20 Å². The van der Waals surface area contributed by atoms with Crippen LogP contribution >= 0.6 is 12.6 Å². The van der Waals surface area contributed by atoms with E-state index >= 15 is 0 Å². The molecule has 0 saturated carbocycles. The van der Waals surface area contributed by atoms with Gasteiger partial charge < -0.3 is 4.57 Å². The SMILES string of the molecule is CC(C)c1nccn1CC(CS)C(C)(C)C. The molecule has 0 bridgehead atoms. The van der Waals surface area contributed by atoms with Gasteiger partial charge in [-0.15, -0.1) is 0 Å². The van der Waals surface area contributed by atoms with Gasteiger partial charge in [0.25, 0.3) is 0 Å². The van der Waals surface area contributed by atoms with E-state index < -0.39 is 0 Å². The van der Waals surface area contributed by atoms with Gasteiger partial charge in [0.1, 0.15) is 5.82 Å². The Bertz CT molecular complexity index is 323. The summed E-state index contributed by atoms with van der Waals surface area (Å²) in [7, 11) is 0. The van der Waals surface area contributed by atoms with Gasteiger partial charge in [0.15, 0.2) is 0 Å². The van der Waals surface area contributed by atoms with Crippen molar-refractivity contribution in [3.8, 4) is 0 Å². The number of hydrogen-bond acceptors (Lipinski definition) is 2. The van der Waals surface area contributed by atoms with Crippen LogP contribution in [0.25, 0.3) is 0 Å². The van der Waals surface area contributed by atoms with Crippen LogP contribution in [-0.2, 0) is 6.54 Å². The molecule has 3 heteroatoms. The van der Waals surface area contributed by atoms with Crippen molar-refractivity contribution < 1.29 is 0 Å². The molecule has 1 unspecified atom stereocenters. The molecule has 1 aromatic rings. The fraction of sp³-hybridized carbons (Fsp3) is 0.769. The van der Waals surface area contributed by atoms with Crippen LogP contribution in [0.3, 0.4) is 0 Å². The monoisotopic (exact) mass is 240 g/mol. The van der Waals surface area contributed by atoms with Crippen molar-refractivity contribution >= 4 is 12.6 Å². The second-order valence-electron chi connectivity index (χ2n) is 5.84. The highest BCUT2D eigenvalue weighted by Gasteiger charge is 2.24. The van der Waals surface area contributed by atoms with Crippen molar-refractivity contribution in [3.05, 3.63) is 18.2 Å². The molecular formula is C13H24N2S. The smallest absolute Gasteiger partial charge is 0.111 e. The van der Waals surface area contributed by atoms with Gasteiger partial charge in [0.05, 0.1) is 0 Å². The Balaban J connectivity index is 2.82. The van der Waals surface area contributed by atoms with Gasteiger partial charge in [0.2, 0.25) is 0 Å². The molecule has 1 rings (SSSR count). The minimum Gasteiger partial charge on any atom is -0.334 e. The zero-order chi connectivity index (χ0) is 12.3. The minimum absolute atomic E-state index is 0.292. The summed E-state index contributed by atoms with van der Waals surface area (Å²) in [6, 6.07) is 0. The lowest BCUT2D eigenvalue weighted by Crippen LogP contribution is -2.27. The molecule has 92 valence electrons. The van der Waals surface area contributed by atoms with Crippen molar-refractivity contribution in [2.45, 2.75) is 47.1 Å². The van der Waals surface area contributed by atoms with Crippen molar-refractivity contribution in [1.82, 2.24) is 9.55 Å². The topological polar surface area (TPSA) is 17.8 Å². The summed E-state index contributed by atoms with van der Waals surface area (Å²) in [6.07, 6.45) is 3.98. The second kappa shape index (κ2) is 5.26. The molecule has 2 nitrogen and oxygen atoms in total. The summed E-state index contributed by atoms with van der Waals surface area (Å²) < 4.78 is 2.27. The van der Waals surface area contributed by atoms with E-state index in [9.17, 15) is 0 Å². The largest absolute Gasteiger partial charge is 0.334 e. The number of hydrogen-bond donors (Lipinski definition) is 1. The zero-order valence-electron chi connectivity index (χ0n) is 11.1. The average molecular weight is 240 g/mol. The van der Waals surface area contributed by atoms with Gasteiger partial charge >= 0.3 is 0 Å². The van der Waals surface area contributed by atoms with Gasteiger partial charge in [-0.05, 0) is 17.1 Å². The summed E-state index contributed by atoms with van der Waals surface area (Å²) >= 11 is 4.47. The molecule has 0 aliphatic rings. The van der Waals surface area contributed by atoms with Gasteiger partial charge in [-0.3, -0.25) is 0 Å². The predicted octanol–water partition coefficient (Wildman–Crippen LogP) is 3.60. The van der Waals surface area contributed by atoms with Crippen LogP contribution in [0.5, 0.6) is 0 Å². The normalized spacial score (nSPS) is 14.4. The standard InChI is InChI=1S/C13H24N2S/c1-10(2)12-14-6-7-15(12)8-11(9-16)13(3,4)5/h6-7,10-11,16H,8-9H2,1-5H3. The maximum absolute atomic E-state index is 4.47. The molecule has 0 aromatic carbocycles. The van der Waals surface area contributed by atoms with E-state index in [0.29, 0.717) is 17.3 Å². The molecule has 0 amide bonds. The van der Waals surface area contributed by atoms with Gasteiger partial charge in [0, 0.05) is 24.9 Å². The number of nitrogens with zero attached hydrogens (tertiary/aromatic N) is 2. The fourth-order valence-electron chi connectivity index (χ4n) is 1.82. The van der Waals surface area contributed by atoms with E-state index in [-0.39, 0.29) is 0 Å². The minimum atomic E-state index is 0.292. The Hall–Kier alpha value is -0.440. The second-order valence-corrected chi connectivity index (χ2v) is 6.20. The molecule has 1 aromatic heterocycles. The molecule has 16 heavy (non-hydrogen) atoms. The highest BCUT2D eigenvalue weighted by molar-refractivity contribution is 7.80. The van der Waals surface area contributed by atoms with Crippen molar-refractivity contribution in [2.24, 2.45) is 11.3 Å². The van der Waals surface area contributed by atoms with Crippen LogP contribution in [0.4, 0.5) is 0 Å². The lowest BCUT2D eigenvalue weighted by atomic mass is 9.82. The van der Waals surface area contributed by atoms with E-state index in [0.717, 1.165) is 12.3 Å². The first-order valence-corrected chi connectivity index (χ1v) is 6.61. The molecule has 0 N–H and O–H groups in total. The third-order valence-corrected chi connectivity index (χ3v) is 3.57. The summed E-state index contributed by atoms with van der Waals surface area (Å²) in [4.78, 5) is 4.42. The van der Waals surface area contributed by atoms with Gasteiger partial charge in [-0.25, -0.2) is 4.98 Å². The van der Waals surface area contributed by atoms with E-state index in [2.05, 4.69) is 63.0 Å². The molecule has 0 fully saturated rings. The Labute approximate surface area is 105 Å². The van der Waals surface area contributed by atoms with Crippen molar-refractivity contribution in [3.63, 3.8) is 0 Å². The van der Waals surface area contributed by atoms with Crippen LogP contribution in [0.2, 0.25) is 0 Å². The first kappa shape index (κ1) is 13.6. The molecule has 0 aliphatic carbocycles. The Morgan fingerprint density at radius 1 is 1.38 bits per heavy atom. The molecule has 1 atom stereocenters. The molecule has 0 radical (unpaired) electrons. The summed E-state index contributed by atoms with van der Waals surface area (Å²) in [5.74, 6) is 3.15. The van der Waals surface area contributed by atoms with Crippen molar-refractivity contribution in [1.29, 1.82) is 0 Å². The Morgan fingerprint density at radius 3 is 2.44 bits per heavy atom. The highest BCUT2D eigenvalue weighted by Crippen LogP contribution is 2.29. The van der Waals surface area contributed by atoms with E-state index in [1.54, 1.807) is 0 Å². The van der Waals surface area contributed by atoms with Crippen molar-refractivity contribution in [2.75, 3.05) is 5.75 Å². The van der Waals surface area contributed by atoms with Crippen LogP contribution in [0, 0.1) is 11.3 Å². The Morgan fingerprint density at radius 2 is 2.00 bits per heavy atom. The summed E-state index contributed by atoms with van der Waals surface area (Å²) in [5, 5.41) is 0. The highest BCUT2D eigenvalue weighted by atomic mass is 32.1. The van der Waals surface area contributed by atoms with Gasteiger partial charge in [-0.2, -0.15) is 12.6 Å². The lowest BCUT2D eigenvalue weighted by Gasteiger charge is -2.30. The number of imidazole rings is 1. The molecule has 1 heterocycles. The maximum atomic E-state index is 4.47. The third kappa shape index (κ3) is 3.27. The van der Waals surface area contributed by atoms with Gasteiger partial charge in [-0.1, -0.05) is 34.6 Å². The zero-order valence-corrected chi connectivity index (χ0v) is 12.0. The number of thiol groups is 1. The first-order chi connectivity index (χ1) is 7.36. The quantitative estimate of drug-likeness (QED) is 0.796. The predicted molar refractivity (Wildman–Crippen MR) is 73.1 cm³/mol. The molecule has 0 aliphatic heterocycles. The van der Waals surface area contributed by atoms with Crippen LogP contribution in [0.15, 0.2) is 12.4 Å². The fourth-order valence-corrected chi connectivity index (χ4v) is 2.48. The summed E-state index contributed by atoms with van der Waals surface area (Å²) in [6.45, 7) is 12.2. The summed E-state index contributed by atoms with van der Waals surface area (Å²) in [5.41, 5.74) is 0.292. The third-order valence-electron chi connectivity index (χ3n) is 3.13. The lowest BCUT2D eigenvalue weighted by molar-refractivity contribution is 0.236. The van der Waals surface area contributed by atoms with E-state index in [1.165, 1.54) is 5.82 Å². The first-order valence-electron chi connectivity index (χ1n) is 5.98. The van der Waals surface area contributed by atoms with Crippen LogP contribution in [0.1, 0.15) is 46.4 Å². The van der Waals surface area contributed by atoms with E-state index in [4.69, 9.17) is 0 Å². The number of rotatable bonds is 4. The van der Waals surface area contributed by atoms with Crippen LogP contribution < -0.4 is 0 Å². The van der Waals surface area contributed by atoms with Crippen LogP contribution in [-0.4, -0.2) is 15.3 Å². The number of aromatic nitrogens is 2. The molecule has 0 spiro atoms. The maximum Gasteiger partial charge on any atom is 0.111 e.